The molecule has 142 valence electrons. The molecule has 1 heterocycles. The Kier molecular flexibility index (Phi) is 5.77. The van der Waals surface area contributed by atoms with E-state index >= 15 is 0 Å². The van der Waals surface area contributed by atoms with E-state index in [0.717, 1.165) is 24.9 Å². The number of amides is 2. The van der Waals surface area contributed by atoms with E-state index in [-0.39, 0.29) is 41.6 Å². The van der Waals surface area contributed by atoms with Crippen LogP contribution in [0.25, 0.3) is 0 Å². The fraction of sp³-hybridized carbons (Fsp3) is 0.300. The van der Waals surface area contributed by atoms with Gasteiger partial charge in [-0.3, -0.25) is 9.59 Å². The fourth-order valence-corrected chi connectivity index (χ4v) is 3.12. The van der Waals surface area contributed by atoms with E-state index in [2.05, 4.69) is 16.0 Å². The van der Waals surface area contributed by atoms with Gasteiger partial charge in [-0.15, -0.1) is 12.4 Å². The molecule has 0 aromatic heterocycles. The minimum absolute atomic E-state index is 0. The van der Waals surface area contributed by atoms with Crippen LogP contribution in [0, 0.1) is 11.7 Å². The molecule has 0 unspecified atom stereocenters. The van der Waals surface area contributed by atoms with E-state index in [9.17, 15) is 14.0 Å². The van der Waals surface area contributed by atoms with Crippen LogP contribution in [0.4, 0.5) is 15.8 Å². The predicted molar refractivity (Wildman–Crippen MR) is 105 cm³/mol. The second-order valence-corrected chi connectivity index (χ2v) is 6.79. The molecule has 7 heteroatoms. The number of halogens is 2. The highest BCUT2D eigenvalue weighted by molar-refractivity contribution is 6.05. The zero-order valence-corrected chi connectivity index (χ0v) is 15.5. The van der Waals surface area contributed by atoms with Crippen LogP contribution in [0.5, 0.6) is 0 Å². The average Bonchev–Trinajstić information content (AvgIpc) is 3.50. The van der Waals surface area contributed by atoms with Gasteiger partial charge in [0.05, 0.1) is 5.69 Å². The summed E-state index contributed by atoms with van der Waals surface area (Å²) in [4.78, 5) is 24.2. The number of hydrogen-bond donors (Lipinski definition) is 3. The Bertz CT molecular complexity index is 866. The molecule has 4 rings (SSSR count). The summed E-state index contributed by atoms with van der Waals surface area (Å²) < 4.78 is 14.6. The van der Waals surface area contributed by atoms with Crippen LogP contribution in [-0.2, 0) is 17.8 Å². The van der Waals surface area contributed by atoms with Crippen LogP contribution in [0.2, 0.25) is 0 Å². The third-order valence-electron chi connectivity index (χ3n) is 4.82. The van der Waals surface area contributed by atoms with Crippen LogP contribution in [-0.4, -0.2) is 18.4 Å². The summed E-state index contributed by atoms with van der Waals surface area (Å²) in [5, 5.41) is 8.67. The lowest BCUT2D eigenvalue weighted by Crippen LogP contribution is -2.25. The van der Waals surface area contributed by atoms with Gasteiger partial charge < -0.3 is 16.0 Å². The van der Waals surface area contributed by atoms with Crippen molar-refractivity contribution < 1.29 is 14.0 Å². The number of nitrogens with one attached hydrogen (secondary N) is 3. The van der Waals surface area contributed by atoms with E-state index in [1.807, 2.05) is 6.07 Å². The Hall–Kier alpha value is -2.44. The van der Waals surface area contributed by atoms with E-state index in [1.165, 1.54) is 0 Å². The zero-order valence-electron chi connectivity index (χ0n) is 14.7. The number of hydrogen-bond acceptors (Lipinski definition) is 3. The van der Waals surface area contributed by atoms with Gasteiger partial charge in [0, 0.05) is 23.7 Å². The van der Waals surface area contributed by atoms with Crippen molar-refractivity contribution in [1.29, 1.82) is 0 Å². The van der Waals surface area contributed by atoms with E-state index in [1.54, 1.807) is 30.3 Å². The minimum Gasteiger partial charge on any atom is -0.326 e. The third-order valence-corrected chi connectivity index (χ3v) is 4.82. The summed E-state index contributed by atoms with van der Waals surface area (Å²) in [7, 11) is 0. The largest absolute Gasteiger partial charge is 0.326 e. The predicted octanol–water partition coefficient (Wildman–Crippen LogP) is 3.49. The Morgan fingerprint density at radius 3 is 2.48 bits per heavy atom. The molecule has 1 aliphatic heterocycles. The molecule has 2 amide bonds. The van der Waals surface area contributed by atoms with Gasteiger partial charge in [-0.1, -0.05) is 6.07 Å². The van der Waals surface area contributed by atoms with Gasteiger partial charge in [-0.05, 0) is 67.3 Å². The van der Waals surface area contributed by atoms with Crippen LogP contribution in [0.15, 0.2) is 36.4 Å². The highest BCUT2D eigenvalue weighted by Gasteiger charge is 2.29. The van der Waals surface area contributed by atoms with Crippen molar-refractivity contribution in [3.05, 3.63) is 58.9 Å². The SMILES string of the molecule is Cl.O=C(Nc1ccc2c(c1F)CCNC2)c1ccc(NC(=O)C2CC2)cc1. The van der Waals surface area contributed by atoms with E-state index in [4.69, 9.17) is 0 Å². The molecule has 2 aromatic carbocycles. The Morgan fingerprint density at radius 2 is 1.78 bits per heavy atom. The van der Waals surface area contributed by atoms with Gasteiger partial charge in [0.1, 0.15) is 5.82 Å². The summed E-state index contributed by atoms with van der Waals surface area (Å²) in [6.45, 7) is 1.38. The van der Waals surface area contributed by atoms with Gasteiger partial charge in [0.2, 0.25) is 5.91 Å². The molecule has 1 saturated carbocycles. The first-order valence-electron chi connectivity index (χ1n) is 8.85. The summed E-state index contributed by atoms with van der Waals surface area (Å²) >= 11 is 0. The molecule has 0 saturated heterocycles. The molecule has 2 aliphatic rings. The molecule has 0 atom stereocenters. The Balaban J connectivity index is 0.00000210. The molecule has 0 bridgehead atoms. The van der Waals surface area contributed by atoms with Crippen molar-refractivity contribution in [3.63, 3.8) is 0 Å². The van der Waals surface area contributed by atoms with Gasteiger partial charge in [0.15, 0.2) is 0 Å². The average molecular weight is 390 g/mol. The molecule has 1 fully saturated rings. The molecule has 27 heavy (non-hydrogen) atoms. The van der Waals surface area contributed by atoms with E-state index in [0.29, 0.717) is 29.8 Å². The topological polar surface area (TPSA) is 70.2 Å². The van der Waals surface area contributed by atoms with Crippen LogP contribution in [0.1, 0.15) is 34.3 Å². The Labute approximate surface area is 163 Å². The van der Waals surface area contributed by atoms with Crippen molar-refractivity contribution in [2.24, 2.45) is 5.92 Å². The smallest absolute Gasteiger partial charge is 0.255 e. The quantitative estimate of drug-likeness (QED) is 0.749. The second kappa shape index (κ2) is 8.06. The summed E-state index contributed by atoms with van der Waals surface area (Å²) in [5.74, 6) is -0.587. The first kappa shape index (κ1) is 19.3. The van der Waals surface area contributed by atoms with Gasteiger partial charge in [-0.2, -0.15) is 0 Å². The lowest BCUT2D eigenvalue weighted by Gasteiger charge is -2.19. The van der Waals surface area contributed by atoms with Crippen molar-refractivity contribution in [2.45, 2.75) is 25.8 Å². The molecular weight excluding hydrogens is 369 g/mol. The fourth-order valence-electron chi connectivity index (χ4n) is 3.12. The van der Waals surface area contributed by atoms with Crippen molar-refractivity contribution in [1.82, 2.24) is 5.32 Å². The number of benzene rings is 2. The highest BCUT2D eigenvalue weighted by atomic mass is 35.5. The lowest BCUT2D eigenvalue weighted by atomic mass is 9.99. The highest BCUT2D eigenvalue weighted by Crippen LogP contribution is 2.30. The lowest BCUT2D eigenvalue weighted by molar-refractivity contribution is -0.117. The number of fused-ring (bicyclic) bond motifs is 1. The molecule has 0 spiro atoms. The minimum atomic E-state index is -0.377. The number of rotatable bonds is 4. The van der Waals surface area contributed by atoms with Gasteiger partial charge >= 0.3 is 0 Å². The normalized spacial score (nSPS) is 15.3. The molecule has 1 aliphatic carbocycles. The van der Waals surface area contributed by atoms with Gasteiger partial charge in [-0.25, -0.2) is 4.39 Å². The van der Waals surface area contributed by atoms with Crippen LogP contribution < -0.4 is 16.0 Å². The molecular formula is C20H21ClFN3O2. The number of carbonyl (C=O) groups is 2. The maximum atomic E-state index is 14.6. The molecule has 2 aromatic rings. The monoisotopic (exact) mass is 389 g/mol. The van der Waals surface area contributed by atoms with Crippen LogP contribution >= 0.6 is 12.4 Å². The molecule has 0 radical (unpaired) electrons. The van der Waals surface area contributed by atoms with Crippen molar-refractivity contribution >= 4 is 35.6 Å². The van der Waals surface area contributed by atoms with Crippen LogP contribution in [0.3, 0.4) is 0 Å². The standard InChI is InChI=1S/C20H20FN3O2.ClH/c21-18-16-9-10-22-11-14(16)5-8-17(18)24-20(26)13-3-6-15(7-4-13)23-19(25)12-1-2-12;/h3-8,12,22H,1-2,9-11H2,(H,23,25)(H,24,26);1H. The summed E-state index contributed by atoms with van der Waals surface area (Å²) in [5.41, 5.74) is 2.86. The molecule has 3 N–H and O–H groups in total. The maximum Gasteiger partial charge on any atom is 0.255 e. The van der Waals surface area contributed by atoms with Crippen molar-refractivity contribution in [3.8, 4) is 0 Å². The maximum absolute atomic E-state index is 14.6. The molecule has 5 nitrogen and oxygen atoms in total. The Morgan fingerprint density at radius 1 is 1.04 bits per heavy atom. The van der Waals surface area contributed by atoms with Crippen molar-refractivity contribution in [2.75, 3.05) is 17.2 Å². The first-order valence-corrected chi connectivity index (χ1v) is 8.85. The van der Waals surface area contributed by atoms with Gasteiger partial charge in [0.25, 0.3) is 5.91 Å². The second-order valence-electron chi connectivity index (χ2n) is 6.79. The first-order chi connectivity index (χ1) is 12.6. The number of anilines is 2. The van der Waals surface area contributed by atoms with E-state index < -0.39 is 0 Å². The zero-order chi connectivity index (χ0) is 18.1. The summed E-state index contributed by atoms with van der Waals surface area (Å²) in [6, 6.07) is 10.1. The number of carbonyl (C=O) groups excluding carboxylic acids is 2. The summed E-state index contributed by atoms with van der Waals surface area (Å²) in [6.07, 6.45) is 2.49. The third kappa shape index (κ3) is 4.28.